The van der Waals surface area contributed by atoms with Crippen LogP contribution in [0.4, 0.5) is 17.1 Å². The van der Waals surface area contributed by atoms with E-state index in [1.165, 1.54) is 32.7 Å². The van der Waals surface area contributed by atoms with E-state index in [1.54, 1.807) is 0 Å². The van der Waals surface area contributed by atoms with Crippen LogP contribution in [0.1, 0.15) is 11.8 Å². The summed E-state index contributed by atoms with van der Waals surface area (Å²) < 4.78 is 12.6. The van der Waals surface area contributed by atoms with Crippen LogP contribution in [-0.4, -0.2) is 7.05 Å². The van der Waals surface area contributed by atoms with Crippen LogP contribution in [0.15, 0.2) is 144 Å². The lowest BCUT2D eigenvalue weighted by Gasteiger charge is -2.24. The molecule has 0 saturated carbocycles. The van der Waals surface area contributed by atoms with Gasteiger partial charge in [0.2, 0.25) is 0 Å². The standard InChI is InChI=1S/C40H28N2O2/c1-42(35-24-29-11-5-4-10-28(29)23-33(35)30-15-14-25-8-2-3-9-27(25)22-30)31-18-16-26(17-19-31)40-41-34-20-21-37-38(39(34)44-40)32-12-6-7-13-36(32)43-37/h2-24,40-41H,1H3. The Balaban J connectivity index is 1.07. The minimum absolute atomic E-state index is 0.280. The molecule has 210 valence electrons. The summed E-state index contributed by atoms with van der Waals surface area (Å²) in [7, 11) is 2.14. The maximum atomic E-state index is 6.53. The third-order valence-corrected chi connectivity index (χ3v) is 8.89. The summed E-state index contributed by atoms with van der Waals surface area (Å²) in [6, 6.07) is 49.3. The first-order valence-corrected chi connectivity index (χ1v) is 14.9. The van der Waals surface area contributed by atoms with Crippen LogP contribution in [-0.2, 0) is 0 Å². The van der Waals surface area contributed by atoms with Crippen LogP contribution >= 0.6 is 0 Å². The van der Waals surface area contributed by atoms with Gasteiger partial charge in [0.25, 0.3) is 0 Å². The Morgan fingerprint density at radius 2 is 1.32 bits per heavy atom. The molecule has 1 aromatic heterocycles. The van der Waals surface area contributed by atoms with Crippen molar-refractivity contribution in [1.82, 2.24) is 0 Å². The fourth-order valence-corrected chi connectivity index (χ4v) is 6.57. The second kappa shape index (κ2) is 9.65. The SMILES string of the molecule is CN(c1ccc(C2Nc3ccc4oc5ccccc5c4c3O2)cc1)c1cc2ccccc2cc1-c1ccc2ccccc2c1. The van der Waals surface area contributed by atoms with Gasteiger partial charge in [0.15, 0.2) is 12.0 Å². The van der Waals surface area contributed by atoms with Crippen molar-refractivity contribution < 1.29 is 9.15 Å². The summed E-state index contributed by atoms with van der Waals surface area (Å²) in [4.78, 5) is 2.28. The zero-order chi connectivity index (χ0) is 29.2. The maximum Gasteiger partial charge on any atom is 0.196 e. The second-order valence-electron chi connectivity index (χ2n) is 11.5. The van der Waals surface area contributed by atoms with Crippen LogP contribution in [0.2, 0.25) is 0 Å². The van der Waals surface area contributed by atoms with E-state index in [1.807, 2.05) is 30.3 Å². The molecule has 1 aliphatic rings. The largest absolute Gasteiger partial charge is 0.464 e. The van der Waals surface area contributed by atoms with Crippen LogP contribution in [0, 0.1) is 0 Å². The summed E-state index contributed by atoms with van der Waals surface area (Å²) in [5, 5.41) is 10.6. The smallest absolute Gasteiger partial charge is 0.196 e. The molecule has 1 atom stereocenters. The average Bonchev–Trinajstić information content (AvgIpc) is 3.69. The molecule has 9 rings (SSSR count). The molecule has 0 radical (unpaired) electrons. The number of nitrogens with zero attached hydrogens (tertiary/aromatic N) is 1. The molecule has 0 bridgehead atoms. The number of furan rings is 1. The fraction of sp³-hybridized carbons (Fsp3) is 0.0500. The molecular formula is C40H28N2O2. The van der Waals surface area contributed by atoms with E-state index in [0.29, 0.717) is 0 Å². The van der Waals surface area contributed by atoms with Crippen molar-refractivity contribution in [3.63, 3.8) is 0 Å². The molecule has 0 spiro atoms. The zero-order valence-electron chi connectivity index (χ0n) is 24.1. The van der Waals surface area contributed by atoms with Crippen molar-refractivity contribution in [2.45, 2.75) is 6.23 Å². The highest BCUT2D eigenvalue weighted by atomic mass is 16.5. The van der Waals surface area contributed by atoms with E-state index < -0.39 is 0 Å². The molecule has 8 aromatic rings. The summed E-state index contributed by atoms with van der Waals surface area (Å²) in [5.41, 5.74) is 8.41. The Labute approximate surface area is 254 Å². The van der Waals surface area contributed by atoms with E-state index in [4.69, 9.17) is 9.15 Å². The van der Waals surface area contributed by atoms with Crippen LogP contribution in [0.25, 0.3) is 54.6 Å². The molecular weight excluding hydrogens is 540 g/mol. The number of ether oxygens (including phenoxy) is 1. The fourth-order valence-electron chi connectivity index (χ4n) is 6.57. The maximum absolute atomic E-state index is 6.53. The van der Waals surface area contributed by atoms with Gasteiger partial charge in [-0.1, -0.05) is 91.0 Å². The van der Waals surface area contributed by atoms with Crippen LogP contribution < -0.4 is 15.0 Å². The predicted octanol–water partition coefficient (Wildman–Crippen LogP) is 10.8. The number of nitrogens with one attached hydrogen (secondary N) is 1. The summed E-state index contributed by atoms with van der Waals surface area (Å²) >= 11 is 0. The lowest BCUT2D eigenvalue weighted by molar-refractivity contribution is 0.263. The Kier molecular flexibility index (Phi) is 5.44. The Bertz CT molecular complexity index is 2370. The summed E-state index contributed by atoms with van der Waals surface area (Å²) in [5.74, 6) is 0.842. The highest BCUT2D eigenvalue weighted by Gasteiger charge is 2.27. The third kappa shape index (κ3) is 3.92. The number of fused-ring (bicyclic) bond motifs is 7. The molecule has 0 saturated heterocycles. The van der Waals surface area contributed by atoms with Crippen molar-refractivity contribution >= 4 is 60.5 Å². The highest BCUT2D eigenvalue weighted by Crippen LogP contribution is 2.47. The zero-order valence-corrected chi connectivity index (χ0v) is 24.1. The van der Waals surface area contributed by atoms with Gasteiger partial charge in [-0.15, -0.1) is 0 Å². The lowest BCUT2D eigenvalue weighted by Crippen LogP contribution is -2.13. The normalized spacial score (nSPS) is 14.2. The number of anilines is 3. The van der Waals surface area contributed by atoms with Gasteiger partial charge < -0.3 is 19.4 Å². The number of hydrogen-bond donors (Lipinski definition) is 1. The van der Waals surface area contributed by atoms with E-state index in [0.717, 1.165) is 50.3 Å². The van der Waals surface area contributed by atoms with E-state index in [9.17, 15) is 0 Å². The molecule has 4 nitrogen and oxygen atoms in total. The summed E-state index contributed by atoms with van der Waals surface area (Å²) in [6.45, 7) is 0. The highest BCUT2D eigenvalue weighted by molar-refractivity contribution is 6.10. The molecule has 2 heterocycles. The first-order valence-electron chi connectivity index (χ1n) is 14.9. The quantitative estimate of drug-likeness (QED) is 0.229. The average molecular weight is 569 g/mol. The van der Waals surface area contributed by atoms with Crippen molar-refractivity contribution in [2.24, 2.45) is 0 Å². The van der Waals surface area contributed by atoms with Gasteiger partial charge >= 0.3 is 0 Å². The number of hydrogen-bond acceptors (Lipinski definition) is 4. The van der Waals surface area contributed by atoms with Crippen LogP contribution in [0.5, 0.6) is 5.75 Å². The van der Waals surface area contributed by atoms with E-state index in [2.05, 4.69) is 126 Å². The van der Waals surface area contributed by atoms with Crippen LogP contribution in [0.3, 0.4) is 0 Å². The molecule has 0 amide bonds. The van der Waals surface area contributed by atoms with Gasteiger partial charge in [-0.05, 0) is 75.6 Å². The minimum atomic E-state index is -0.280. The van der Waals surface area contributed by atoms with E-state index >= 15 is 0 Å². The topological polar surface area (TPSA) is 37.6 Å². The summed E-state index contributed by atoms with van der Waals surface area (Å²) in [6.07, 6.45) is -0.280. The molecule has 1 N–H and O–H groups in total. The Hall–Kier alpha value is -5.74. The second-order valence-corrected chi connectivity index (χ2v) is 11.5. The monoisotopic (exact) mass is 568 g/mol. The Morgan fingerprint density at radius 3 is 2.14 bits per heavy atom. The van der Waals surface area contributed by atoms with Crippen molar-refractivity contribution in [3.05, 3.63) is 145 Å². The molecule has 0 fully saturated rings. The Morgan fingerprint density at radius 1 is 0.614 bits per heavy atom. The number of rotatable bonds is 4. The van der Waals surface area contributed by atoms with Gasteiger partial charge in [0.1, 0.15) is 11.2 Å². The van der Waals surface area contributed by atoms with Crippen molar-refractivity contribution in [1.29, 1.82) is 0 Å². The van der Waals surface area contributed by atoms with E-state index in [-0.39, 0.29) is 6.23 Å². The third-order valence-electron chi connectivity index (χ3n) is 8.89. The first-order chi connectivity index (χ1) is 21.7. The lowest BCUT2D eigenvalue weighted by atomic mass is 9.96. The van der Waals surface area contributed by atoms with Gasteiger partial charge in [-0.3, -0.25) is 0 Å². The predicted molar refractivity (Wildman–Crippen MR) is 182 cm³/mol. The number of para-hydroxylation sites is 1. The minimum Gasteiger partial charge on any atom is -0.464 e. The van der Waals surface area contributed by atoms with Crippen molar-refractivity contribution in [3.8, 4) is 16.9 Å². The number of benzene rings is 7. The molecule has 7 aromatic carbocycles. The molecule has 1 aliphatic heterocycles. The first kappa shape index (κ1) is 24.8. The van der Waals surface area contributed by atoms with Gasteiger partial charge in [0, 0.05) is 34.9 Å². The van der Waals surface area contributed by atoms with Gasteiger partial charge in [0.05, 0.1) is 11.1 Å². The van der Waals surface area contributed by atoms with Crippen molar-refractivity contribution in [2.75, 3.05) is 17.3 Å². The molecule has 44 heavy (non-hydrogen) atoms. The van der Waals surface area contributed by atoms with Gasteiger partial charge in [-0.2, -0.15) is 0 Å². The van der Waals surface area contributed by atoms with Gasteiger partial charge in [-0.25, -0.2) is 0 Å². The molecule has 0 aliphatic carbocycles. The molecule has 1 unspecified atom stereocenters. The molecule has 4 heteroatoms.